The zero-order chi connectivity index (χ0) is 11.7. The largest absolute Gasteiger partial charge is 0.0725 e. The van der Waals surface area contributed by atoms with Gasteiger partial charge in [0.1, 0.15) is 0 Å². The molecule has 1 aliphatic rings. The first kappa shape index (κ1) is 12.5. The van der Waals surface area contributed by atoms with E-state index in [-0.39, 0.29) is 0 Å². The fourth-order valence-electron chi connectivity index (χ4n) is 1.69. The summed E-state index contributed by atoms with van der Waals surface area (Å²) in [6.07, 6.45) is 9.39. The average Bonchev–Trinajstić information content (AvgIpc) is 2.67. The molecule has 0 aromatic heterocycles. The minimum absolute atomic E-state index is 0.321. The summed E-state index contributed by atoms with van der Waals surface area (Å²) in [5, 5.41) is 0. The fraction of sp³-hybridized carbons (Fsp3) is 0.667. The molecule has 1 aliphatic carbocycles. The van der Waals surface area contributed by atoms with Crippen molar-refractivity contribution in [2.75, 3.05) is 0 Å². The van der Waals surface area contributed by atoms with Gasteiger partial charge in [0.2, 0.25) is 0 Å². The lowest BCUT2D eigenvalue weighted by molar-refractivity contribution is 0.401. The summed E-state index contributed by atoms with van der Waals surface area (Å²) in [4.78, 5) is 0. The first-order valence-electron chi connectivity index (χ1n) is 6.11. The molecule has 0 unspecified atom stereocenters. The number of hydrogen-bond donors (Lipinski definition) is 0. The third kappa shape index (κ3) is 2.53. The summed E-state index contributed by atoms with van der Waals surface area (Å²) in [5.74, 6) is 1.49. The van der Waals surface area contributed by atoms with Gasteiger partial charge in [-0.2, -0.15) is 0 Å². The third-order valence-corrected chi connectivity index (χ3v) is 4.08. The van der Waals surface area contributed by atoms with E-state index in [2.05, 4.69) is 59.8 Å². The average molecular weight is 205 g/mol. The van der Waals surface area contributed by atoms with Crippen molar-refractivity contribution >= 4 is 0 Å². The van der Waals surface area contributed by atoms with E-state index in [1.807, 2.05) is 0 Å². The second-order valence-electron chi connectivity index (χ2n) is 5.86. The molecule has 0 N–H and O–H groups in total. The fourth-order valence-corrected chi connectivity index (χ4v) is 1.69. The summed E-state index contributed by atoms with van der Waals surface area (Å²) >= 11 is 0. The molecule has 1 rings (SSSR count). The summed E-state index contributed by atoms with van der Waals surface area (Å²) in [7, 11) is 0. The third-order valence-electron chi connectivity index (χ3n) is 4.08. The van der Waals surface area contributed by atoms with Gasteiger partial charge >= 0.3 is 0 Å². The van der Waals surface area contributed by atoms with Crippen molar-refractivity contribution in [3.05, 3.63) is 29.7 Å². The molecule has 0 amide bonds. The van der Waals surface area contributed by atoms with Crippen molar-refractivity contribution in [3.63, 3.8) is 0 Å². The number of allylic oxidation sites excluding steroid dienone is 4. The Balaban J connectivity index is 2.85. The second kappa shape index (κ2) is 4.15. The van der Waals surface area contributed by atoms with Crippen molar-refractivity contribution in [2.24, 2.45) is 10.8 Å². The van der Waals surface area contributed by atoms with E-state index >= 15 is 0 Å². The van der Waals surface area contributed by atoms with Crippen molar-refractivity contribution in [1.29, 1.82) is 0 Å². The quantitative estimate of drug-likeness (QED) is 0.610. The Labute approximate surface area is 95.5 Å². The lowest BCUT2D eigenvalue weighted by atomic mass is 9.76. The monoisotopic (exact) mass is 205 g/mol. The highest BCUT2D eigenvalue weighted by molar-refractivity contribution is 5.46. The maximum atomic E-state index is 2.40. The molecule has 0 heterocycles. The first-order chi connectivity index (χ1) is 6.83. The minimum atomic E-state index is 0.321. The van der Waals surface area contributed by atoms with Crippen LogP contribution in [0.4, 0.5) is 0 Å². The molecule has 0 saturated carbocycles. The van der Waals surface area contributed by atoms with Gasteiger partial charge in [0.05, 0.1) is 0 Å². The zero-order valence-electron chi connectivity index (χ0n) is 11.1. The van der Waals surface area contributed by atoms with Gasteiger partial charge in [-0.25, -0.2) is 0 Å². The van der Waals surface area contributed by atoms with Crippen LogP contribution in [-0.2, 0) is 0 Å². The van der Waals surface area contributed by atoms with Crippen molar-refractivity contribution < 1.29 is 0 Å². The molecule has 0 saturated heterocycles. The van der Waals surface area contributed by atoms with Gasteiger partial charge in [0, 0.05) is 5.92 Å². The predicted molar refractivity (Wildman–Crippen MR) is 68.6 cm³/mol. The Hall–Kier alpha value is -0.520. The van der Waals surface area contributed by atoms with Gasteiger partial charge in [-0.3, -0.25) is 0 Å². The van der Waals surface area contributed by atoms with Crippen LogP contribution in [0.2, 0.25) is 0 Å². The standard InChI is InChI=1S/C15H25/c1-7-14(3,4)12-9-10-13(11-12)15(5,6)8-2/h9-11H,7-8H2,1-6H3. The molecule has 0 fully saturated rings. The molecule has 15 heavy (non-hydrogen) atoms. The maximum Gasteiger partial charge on any atom is 0.0252 e. The van der Waals surface area contributed by atoms with Gasteiger partial charge in [0.25, 0.3) is 0 Å². The van der Waals surface area contributed by atoms with Crippen LogP contribution < -0.4 is 0 Å². The van der Waals surface area contributed by atoms with Crippen LogP contribution in [0, 0.1) is 16.7 Å². The van der Waals surface area contributed by atoms with E-state index in [1.165, 1.54) is 24.3 Å². The molecule has 0 atom stereocenters. The Morgan fingerprint density at radius 1 is 0.867 bits per heavy atom. The Bertz CT molecular complexity index is 276. The lowest BCUT2D eigenvalue weighted by Crippen LogP contribution is -2.17. The SMILES string of the molecule is CCC(C)(C)[C]1C=CC(C(C)(C)CC)=C1. The summed E-state index contributed by atoms with van der Waals surface area (Å²) in [6.45, 7) is 13.8. The molecule has 0 aromatic carbocycles. The van der Waals surface area contributed by atoms with Crippen LogP contribution in [0.25, 0.3) is 0 Å². The predicted octanol–water partition coefficient (Wildman–Crippen LogP) is 4.93. The highest BCUT2D eigenvalue weighted by atomic mass is 14.3. The second-order valence-corrected chi connectivity index (χ2v) is 5.86. The number of rotatable bonds is 4. The maximum absolute atomic E-state index is 2.40. The van der Waals surface area contributed by atoms with Gasteiger partial charge in [-0.15, -0.1) is 0 Å². The van der Waals surface area contributed by atoms with E-state index in [9.17, 15) is 0 Å². The topological polar surface area (TPSA) is 0 Å². The van der Waals surface area contributed by atoms with Crippen LogP contribution in [0.5, 0.6) is 0 Å². The molecule has 0 aromatic rings. The van der Waals surface area contributed by atoms with Gasteiger partial charge in [0.15, 0.2) is 0 Å². The van der Waals surface area contributed by atoms with Crippen LogP contribution >= 0.6 is 0 Å². The van der Waals surface area contributed by atoms with E-state index < -0.39 is 0 Å². The zero-order valence-corrected chi connectivity index (χ0v) is 11.1. The van der Waals surface area contributed by atoms with Crippen LogP contribution in [0.3, 0.4) is 0 Å². The van der Waals surface area contributed by atoms with E-state index in [0.29, 0.717) is 10.8 Å². The first-order valence-corrected chi connectivity index (χ1v) is 6.11. The Kier molecular flexibility index (Phi) is 3.48. The number of hydrogen-bond acceptors (Lipinski definition) is 0. The normalized spacial score (nSPS) is 18.4. The van der Waals surface area contributed by atoms with Crippen molar-refractivity contribution in [1.82, 2.24) is 0 Å². The molecule has 0 aliphatic heterocycles. The molecule has 0 nitrogen and oxygen atoms in total. The van der Waals surface area contributed by atoms with Crippen molar-refractivity contribution in [3.8, 4) is 0 Å². The van der Waals surface area contributed by atoms with Gasteiger partial charge < -0.3 is 0 Å². The van der Waals surface area contributed by atoms with E-state index in [1.54, 1.807) is 0 Å². The van der Waals surface area contributed by atoms with Gasteiger partial charge in [-0.1, -0.05) is 59.8 Å². The van der Waals surface area contributed by atoms with Gasteiger partial charge in [-0.05, 0) is 29.2 Å². The highest BCUT2D eigenvalue weighted by Crippen LogP contribution is 2.43. The molecule has 0 bridgehead atoms. The summed E-state index contributed by atoms with van der Waals surface area (Å²) in [6, 6.07) is 0. The summed E-state index contributed by atoms with van der Waals surface area (Å²) in [5.41, 5.74) is 2.13. The van der Waals surface area contributed by atoms with E-state index in [0.717, 1.165) is 0 Å². The van der Waals surface area contributed by atoms with E-state index in [4.69, 9.17) is 0 Å². The smallest absolute Gasteiger partial charge is 0.0252 e. The molecule has 0 heteroatoms. The summed E-state index contributed by atoms with van der Waals surface area (Å²) < 4.78 is 0. The minimum Gasteiger partial charge on any atom is -0.0725 e. The molecule has 85 valence electrons. The van der Waals surface area contributed by atoms with Crippen LogP contribution in [-0.4, -0.2) is 0 Å². The molecule has 0 spiro atoms. The molecular weight excluding hydrogens is 180 g/mol. The Morgan fingerprint density at radius 2 is 1.40 bits per heavy atom. The van der Waals surface area contributed by atoms with Crippen LogP contribution in [0.1, 0.15) is 54.4 Å². The lowest BCUT2D eigenvalue weighted by Gasteiger charge is -2.28. The molecule has 1 radical (unpaired) electrons. The highest BCUT2D eigenvalue weighted by Gasteiger charge is 2.30. The molecular formula is C15H25. The van der Waals surface area contributed by atoms with Crippen molar-refractivity contribution in [2.45, 2.75) is 54.4 Å². The van der Waals surface area contributed by atoms with Crippen LogP contribution in [0.15, 0.2) is 23.8 Å². The Morgan fingerprint density at radius 3 is 1.87 bits per heavy atom.